The lowest BCUT2D eigenvalue weighted by molar-refractivity contribution is 0.355. The van der Waals surface area contributed by atoms with Crippen molar-refractivity contribution >= 4 is 0 Å². The highest BCUT2D eigenvalue weighted by atomic mass is 16.3. The Hall–Kier alpha value is -0.760. The molecule has 0 saturated heterocycles. The van der Waals surface area contributed by atoms with Crippen LogP contribution in [0.3, 0.4) is 0 Å². The van der Waals surface area contributed by atoms with Gasteiger partial charge in [-0.25, -0.2) is 0 Å². The molecule has 1 aromatic rings. The van der Waals surface area contributed by atoms with E-state index in [0.717, 1.165) is 31.2 Å². The fourth-order valence-electron chi connectivity index (χ4n) is 1.58. The molecule has 2 nitrogen and oxygen atoms in total. The summed E-state index contributed by atoms with van der Waals surface area (Å²) in [6.07, 6.45) is 2.85. The van der Waals surface area contributed by atoms with Crippen molar-refractivity contribution in [3.8, 4) is 0 Å². The van der Waals surface area contributed by atoms with Gasteiger partial charge in [0.1, 0.15) is 5.76 Å². The molecule has 2 heteroatoms. The molecule has 0 atom stereocenters. The van der Waals surface area contributed by atoms with Gasteiger partial charge in [-0.15, -0.1) is 0 Å². The minimum Gasteiger partial charge on any atom is -0.469 e. The Morgan fingerprint density at radius 2 is 2.13 bits per heavy atom. The van der Waals surface area contributed by atoms with Gasteiger partial charge in [0.2, 0.25) is 0 Å². The largest absolute Gasteiger partial charge is 0.469 e. The molecule has 0 bridgehead atoms. The third-order valence-electron chi connectivity index (χ3n) is 2.67. The molecule has 0 aliphatic rings. The van der Waals surface area contributed by atoms with E-state index in [2.05, 4.69) is 39.1 Å². The van der Waals surface area contributed by atoms with E-state index in [-0.39, 0.29) is 5.41 Å². The van der Waals surface area contributed by atoms with Crippen molar-refractivity contribution in [2.75, 3.05) is 13.1 Å². The predicted molar refractivity (Wildman–Crippen MR) is 64.1 cm³/mol. The van der Waals surface area contributed by atoms with Gasteiger partial charge in [0, 0.05) is 5.41 Å². The van der Waals surface area contributed by atoms with Crippen molar-refractivity contribution < 1.29 is 4.42 Å². The van der Waals surface area contributed by atoms with Gasteiger partial charge in [-0.2, -0.15) is 0 Å². The van der Waals surface area contributed by atoms with Crippen LogP contribution in [0, 0.1) is 5.92 Å². The van der Waals surface area contributed by atoms with E-state index in [1.165, 1.54) is 0 Å². The molecule has 1 N–H and O–H groups in total. The van der Waals surface area contributed by atoms with E-state index in [0.29, 0.717) is 0 Å². The number of hydrogen-bond donors (Lipinski definition) is 1. The number of hydrogen-bond acceptors (Lipinski definition) is 2. The standard InChI is InChI=1S/C13H23NO/c1-11(2)10-14-8-7-13(3,4)12-6-5-9-15-12/h5-6,9,11,14H,7-8,10H2,1-4H3. The first-order chi connectivity index (χ1) is 7.02. The monoisotopic (exact) mass is 209 g/mol. The highest BCUT2D eigenvalue weighted by molar-refractivity contribution is 5.10. The summed E-state index contributed by atoms with van der Waals surface area (Å²) in [6, 6.07) is 4.01. The molecule has 1 heterocycles. The first-order valence-corrected chi connectivity index (χ1v) is 5.77. The van der Waals surface area contributed by atoms with Crippen molar-refractivity contribution in [3.05, 3.63) is 24.2 Å². The number of nitrogens with one attached hydrogen (secondary N) is 1. The highest BCUT2D eigenvalue weighted by Gasteiger charge is 2.22. The molecule has 0 saturated carbocycles. The summed E-state index contributed by atoms with van der Waals surface area (Å²) in [5, 5.41) is 3.46. The molecule has 0 spiro atoms. The summed E-state index contributed by atoms with van der Waals surface area (Å²) in [4.78, 5) is 0. The van der Waals surface area contributed by atoms with E-state index in [9.17, 15) is 0 Å². The molecule has 0 radical (unpaired) electrons. The number of rotatable bonds is 6. The molecule has 1 rings (SSSR count). The number of furan rings is 1. The van der Waals surface area contributed by atoms with Crippen LogP contribution in [-0.4, -0.2) is 13.1 Å². The molecule has 0 fully saturated rings. The summed E-state index contributed by atoms with van der Waals surface area (Å²) < 4.78 is 5.45. The molecule has 0 unspecified atom stereocenters. The zero-order valence-electron chi connectivity index (χ0n) is 10.3. The van der Waals surface area contributed by atoms with Gasteiger partial charge in [0.15, 0.2) is 0 Å². The predicted octanol–water partition coefficient (Wildman–Crippen LogP) is 3.19. The van der Waals surface area contributed by atoms with E-state index in [4.69, 9.17) is 4.42 Å². The average molecular weight is 209 g/mol. The molecular formula is C13H23NO. The fraction of sp³-hybridized carbons (Fsp3) is 0.692. The Bertz CT molecular complexity index is 262. The Kier molecular flexibility index (Phi) is 4.40. The molecule has 0 aromatic carbocycles. The van der Waals surface area contributed by atoms with Gasteiger partial charge in [-0.1, -0.05) is 27.7 Å². The van der Waals surface area contributed by atoms with Crippen molar-refractivity contribution in [2.45, 2.75) is 39.5 Å². The van der Waals surface area contributed by atoms with Gasteiger partial charge in [0.25, 0.3) is 0 Å². The van der Waals surface area contributed by atoms with Crippen molar-refractivity contribution in [3.63, 3.8) is 0 Å². The second-order valence-corrected chi connectivity index (χ2v) is 5.21. The molecule has 0 amide bonds. The Balaban J connectivity index is 2.31. The van der Waals surface area contributed by atoms with Crippen LogP contribution in [0.25, 0.3) is 0 Å². The van der Waals surface area contributed by atoms with Gasteiger partial charge in [-0.05, 0) is 37.6 Å². The van der Waals surface area contributed by atoms with Crippen LogP contribution in [0.2, 0.25) is 0 Å². The maximum Gasteiger partial charge on any atom is 0.109 e. The Morgan fingerprint density at radius 1 is 1.40 bits per heavy atom. The fourth-order valence-corrected chi connectivity index (χ4v) is 1.58. The minimum absolute atomic E-state index is 0.132. The van der Waals surface area contributed by atoms with E-state index >= 15 is 0 Å². The van der Waals surface area contributed by atoms with E-state index in [1.54, 1.807) is 6.26 Å². The van der Waals surface area contributed by atoms with Crippen molar-refractivity contribution in [2.24, 2.45) is 5.92 Å². The summed E-state index contributed by atoms with van der Waals surface area (Å²) in [5.41, 5.74) is 0.132. The van der Waals surface area contributed by atoms with E-state index in [1.807, 2.05) is 6.07 Å². The van der Waals surface area contributed by atoms with Crippen LogP contribution in [0.15, 0.2) is 22.8 Å². The molecule has 15 heavy (non-hydrogen) atoms. The maximum absolute atomic E-state index is 5.45. The SMILES string of the molecule is CC(C)CNCCC(C)(C)c1ccco1. The molecule has 0 aliphatic heterocycles. The van der Waals surface area contributed by atoms with Crippen LogP contribution in [0.1, 0.15) is 39.9 Å². The average Bonchev–Trinajstić information content (AvgIpc) is 2.65. The third-order valence-corrected chi connectivity index (χ3v) is 2.67. The van der Waals surface area contributed by atoms with Crippen LogP contribution in [0.4, 0.5) is 0 Å². The zero-order valence-corrected chi connectivity index (χ0v) is 10.3. The van der Waals surface area contributed by atoms with Gasteiger partial charge in [-0.3, -0.25) is 0 Å². The lowest BCUT2D eigenvalue weighted by Crippen LogP contribution is -2.27. The summed E-state index contributed by atoms with van der Waals surface area (Å²) in [5.74, 6) is 1.80. The summed E-state index contributed by atoms with van der Waals surface area (Å²) in [7, 11) is 0. The van der Waals surface area contributed by atoms with Crippen LogP contribution in [0.5, 0.6) is 0 Å². The van der Waals surface area contributed by atoms with Crippen LogP contribution < -0.4 is 5.32 Å². The van der Waals surface area contributed by atoms with Crippen LogP contribution >= 0.6 is 0 Å². The summed E-state index contributed by atoms with van der Waals surface area (Å²) in [6.45, 7) is 11.0. The zero-order chi connectivity index (χ0) is 11.3. The quantitative estimate of drug-likeness (QED) is 0.728. The van der Waals surface area contributed by atoms with Crippen molar-refractivity contribution in [1.29, 1.82) is 0 Å². The topological polar surface area (TPSA) is 25.2 Å². The lowest BCUT2D eigenvalue weighted by atomic mass is 9.86. The third kappa shape index (κ3) is 4.08. The highest BCUT2D eigenvalue weighted by Crippen LogP contribution is 2.26. The van der Waals surface area contributed by atoms with Gasteiger partial charge >= 0.3 is 0 Å². The summed E-state index contributed by atoms with van der Waals surface area (Å²) >= 11 is 0. The maximum atomic E-state index is 5.45. The second kappa shape index (κ2) is 5.36. The van der Waals surface area contributed by atoms with Gasteiger partial charge in [0.05, 0.1) is 6.26 Å². The first kappa shape index (κ1) is 12.3. The van der Waals surface area contributed by atoms with Gasteiger partial charge < -0.3 is 9.73 Å². The normalized spacial score (nSPS) is 12.3. The Morgan fingerprint density at radius 3 is 2.67 bits per heavy atom. The molecule has 86 valence electrons. The lowest BCUT2D eigenvalue weighted by Gasteiger charge is -2.22. The van der Waals surface area contributed by atoms with Crippen LogP contribution in [-0.2, 0) is 5.41 Å². The smallest absolute Gasteiger partial charge is 0.109 e. The first-order valence-electron chi connectivity index (χ1n) is 5.77. The minimum atomic E-state index is 0.132. The van der Waals surface area contributed by atoms with Crippen molar-refractivity contribution in [1.82, 2.24) is 5.32 Å². The second-order valence-electron chi connectivity index (χ2n) is 5.21. The Labute approximate surface area is 93.1 Å². The molecule has 1 aromatic heterocycles. The molecule has 0 aliphatic carbocycles. The van der Waals surface area contributed by atoms with E-state index < -0.39 is 0 Å². The molecular weight excluding hydrogens is 186 g/mol.